The molecule has 0 fully saturated rings. The van der Waals surface area contributed by atoms with Crippen molar-refractivity contribution in [2.45, 2.75) is 12.3 Å². The highest BCUT2D eigenvalue weighted by Gasteiger charge is 2.22. The summed E-state index contributed by atoms with van der Waals surface area (Å²) in [6, 6.07) is 14.2. The summed E-state index contributed by atoms with van der Waals surface area (Å²) < 4.78 is 5.52. The zero-order valence-corrected chi connectivity index (χ0v) is 12.1. The van der Waals surface area contributed by atoms with E-state index in [4.69, 9.17) is 4.74 Å². The standard InChI is InChI=1S/C17H19N3O/c1-21-16-8-3-2-6-13(16)14(12-17-19-10-11-20-17)15-7-4-5-9-18-15/h2-9,14H,10-12H2,1H3,(H,19,20). The Morgan fingerprint density at radius 1 is 1.19 bits per heavy atom. The summed E-state index contributed by atoms with van der Waals surface area (Å²) in [4.78, 5) is 9.05. The van der Waals surface area contributed by atoms with E-state index in [0.29, 0.717) is 0 Å². The Morgan fingerprint density at radius 3 is 2.76 bits per heavy atom. The minimum absolute atomic E-state index is 0.145. The first kappa shape index (κ1) is 13.6. The number of pyridine rings is 1. The molecule has 3 rings (SSSR count). The zero-order chi connectivity index (χ0) is 14.5. The van der Waals surface area contributed by atoms with Crippen molar-refractivity contribution < 1.29 is 4.74 Å². The summed E-state index contributed by atoms with van der Waals surface area (Å²) in [5.41, 5.74) is 2.19. The average molecular weight is 281 g/mol. The first-order valence-corrected chi connectivity index (χ1v) is 7.19. The van der Waals surface area contributed by atoms with Crippen LogP contribution in [0.25, 0.3) is 0 Å². The molecule has 0 bridgehead atoms. The molecular formula is C17H19N3O. The molecule has 4 heteroatoms. The number of benzene rings is 1. The third kappa shape index (κ3) is 3.05. The summed E-state index contributed by atoms with van der Waals surface area (Å²) in [5.74, 6) is 2.09. The number of rotatable bonds is 5. The van der Waals surface area contributed by atoms with Crippen LogP contribution in [-0.2, 0) is 0 Å². The Balaban J connectivity index is 1.99. The maximum atomic E-state index is 5.52. The van der Waals surface area contributed by atoms with Crippen LogP contribution in [0.4, 0.5) is 0 Å². The second-order valence-corrected chi connectivity index (χ2v) is 5.01. The largest absolute Gasteiger partial charge is 0.496 e. The van der Waals surface area contributed by atoms with Gasteiger partial charge in [-0.15, -0.1) is 0 Å². The number of nitrogens with zero attached hydrogens (tertiary/aromatic N) is 2. The van der Waals surface area contributed by atoms with Gasteiger partial charge in [-0.2, -0.15) is 0 Å². The number of methoxy groups -OCH3 is 1. The van der Waals surface area contributed by atoms with Gasteiger partial charge in [-0.3, -0.25) is 9.98 Å². The summed E-state index contributed by atoms with van der Waals surface area (Å²) in [6.45, 7) is 1.78. The molecular weight excluding hydrogens is 262 g/mol. The van der Waals surface area contributed by atoms with Crippen molar-refractivity contribution in [2.75, 3.05) is 20.2 Å². The molecule has 1 aromatic carbocycles. The van der Waals surface area contributed by atoms with Crippen LogP contribution in [0.1, 0.15) is 23.6 Å². The molecule has 4 nitrogen and oxygen atoms in total. The normalized spacial score (nSPS) is 15.2. The molecule has 1 aromatic heterocycles. The van der Waals surface area contributed by atoms with Gasteiger partial charge in [0.05, 0.1) is 19.5 Å². The van der Waals surface area contributed by atoms with Gasteiger partial charge in [-0.05, 0) is 18.2 Å². The van der Waals surface area contributed by atoms with Crippen molar-refractivity contribution in [3.63, 3.8) is 0 Å². The fourth-order valence-corrected chi connectivity index (χ4v) is 2.69. The summed E-state index contributed by atoms with van der Waals surface area (Å²) in [5, 5.41) is 3.35. The minimum Gasteiger partial charge on any atom is -0.496 e. The third-order valence-corrected chi connectivity index (χ3v) is 3.70. The van der Waals surface area contributed by atoms with Crippen LogP contribution < -0.4 is 10.1 Å². The fraction of sp³-hybridized carbons (Fsp3) is 0.294. The van der Waals surface area contributed by atoms with Crippen molar-refractivity contribution in [3.8, 4) is 5.75 Å². The number of nitrogens with one attached hydrogen (secondary N) is 1. The smallest absolute Gasteiger partial charge is 0.122 e. The van der Waals surface area contributed by atoms with Gasteiger partial charge < -0.3 is 10.1 Å². The van der Waals surface area contributed by atoms with Crippen LogP contribution in [0.5, 0.6) is 5.75 Å². The summed E-state index contributed by atoms with van der Waals surface area (Å²) >= 11 is 0. The lowest BCUT2D eigenvalue weighted by molar-refractivity contribution is 0.407. The molecule has 0 aliphatic carbocycles. The van der Waals surface area contributed by atoms with Gasteiger partial charge in [-0.1, -0.05) is 24.3 Å². The van der Waals surface area contributed by atoms with Crippen molar-refractivity contribution in [2.24, 2.45) is 4.99 Å². The molecule has 2 aromatic rings. The van der Waals surface area contributed by atoms with Gasteiger partial charge in [0.2, 0.25) is 0 Å². The van der Waals surface area contributed by atoms with E-state index in [1.807, 2.05) is 36.5 Å². The van der Waals surface area contributed by atoms with Crippen molar-refractivity contribution in [3.05, 3.63) is 59.9 Å². The summed E-state index contributed by atoms with van der Waals surface area (Å²) in [7, 11) is 1.71. The maximum Gasteiger partial charge on any atom is 0.122 e. The number of para-hydroxylation sites is 1. The van der Waals surface area contributed by atoms with E-state index in [-0.39, 0.29) is 5.92 Å². The predicted octanol–water partition coefficient (Wildman–Crippen LogP) is 2.61. The molecule has 1 N–H and O–H groups in total. The molecule has 0 radical (unpaired) electrons. The highest BCUT2D eigenvalue weighted by molar-refractivity contribution is 5.84. The Labute approximate surface area is 124 Å². The zero-order valence-electron chi connectivity index (χ0n) is 12.1. The van der Waals surface area contributed by atoms with E-state index in [1.165, 1.54) is 0 Å². The van der Waals surface area contributed by atoms with Gasteiger partial charge in [0, 0.05) is 36.3 Å². The Hall–Kier alpha value is -2.36. The molecule has 108 valence electrons. The maximum absolute atomic E-state index is 5.52. The Morgan fingerprint density at radius 2 is 2.05 bits per heavy atom. The lowest BCUT2D eigenvalue weighted by Gasteiger charge is -2.19. The van der Waals surface area contributed by atoms with Crippen LogP contribution >= 0.6 is 0 Å². The van der Waals surface area contributed by atoms with E-state index in [9.17, 15) is 0 Å². The van der Waals surface area contributed by atoms with Crippen LogP contribution in [0, 0.1) is 0 Å². The molecule has 1 unspecified atom stereocenters. The van der Waals surface area contributed by atoms with Gasteiger partial charge in [0.1, 0.15) is 5.75 Å². The monoisotopic (exact) mass is 281 g/mol. The second kappa shape index (κ2) is 6.39. The molecule has 0 saturated heterocycles. The molecule has 1 aliphatic rings. The molecule has 0 amide bonds. The van der Waals surface area contributed by atoms with Crippen LogP contribution in [-0.4, -0.2) is 31.0 Å². The van der Waals surface area contributed by atoms with Crippen LogP contribution in [0.3, 0.4) is 0 Å². The average Bonchev–Trinajstić information content (AvgIpc) is 3.06. The number of ether oxygens (including phenoxy) is 1. The Bertz CT molecular complexity index is 625. The van der Waals surface area contributed by atoms with Crippen molar-refractivity contribution >= 4 is 5.84 Å². The van der Waals surface area contributed by atoms with E-state index in [0.717, 1.165) is 42.4 Å². The number of aliphatic imine (C=N–C) groups is 1. The van der Waals surface area contributed by atoms with Gasteiger partial charge >= 0.3 is 0 Å². The van der Waals surface area contributed by atoms with E-state index >= 15 is 0 Å². The van der Waals surface area contributed by atoms with E-state index in [2.05, 4.69) is 27.4 Å². The highest BCUT2D eigenvalue weighted by atomic mass is 16.5. The molecule has 2 heterocycles. The Kier molecular flexibility index (Phi) is 4.15. The number of amidine groups is 1. The van der Waals surface area contributed by atoms with Gasteiger partial charge in [0.25, 0.3) is 0 Å². The number of hydrogen-bond acceptors (Lipinski definition) is 4. The number of aromatic nitrogens is 1. The van der Waals surface area contributed by atoms with E-state index in [1.54, 1.807) is 7.11 Å². The van der Waals surface area contributed by atoms with Crippen LogP contribution in [0.2, 0.25) is 0 Å². The highest BCUT2D eigenvalue weighted by Crippen LogP contribution is 2.33. The lowest BCUT2D eigenvalue weighted by atomic mass is 9.90. The van der Waals surface area contributed by atoms with Gasteiger partial charge in [0.15, 0.2) is 0 Å². The van der Waals surface area contributed by atoms with E-state index < -0.39 is 0 Å². The molecule has 1 aliphatic heterocycles. The lowest BCUT2D eigenvalue weighted by Crippen LogP contribution is -2.22. The first-order valence-electron chi connectivity index (χ1n) is 7.19. The summed E-state index contributed by atoms with van der Waals surface area (Å²) in [6.07, 6.45) is 2.65. The molecule has 21 heavy (non-hydrogen) atoms. The number of hydrogen-bond donors (Lipinski definition) is 1. The molecule has 0 spiro atoms. The third-order valence-electron chi connectivity index (χ3n) is 3.70. The topological polar surface area (TPSA) is 46.5 Å². The van der Waals surface area contributed by atoms with Crippen molar-refractivity contribution in [1.29, 1.82) is 0 Å². The second-order valence-electron chi connectivity index (χ2n) is 5.01. The SMILES string of the molecule is COc1ccccc1C(CC1=NCCN1)c1ccccn1. The quantitative estimate of drug-likeness (QED) is 0.916. The van der Waals surface area contributed by atoms with Crippen LogP contribution in [0.15, 0.2) is 53.7 Å². The molecule has 0 saturated carbocycles. The predicted molar refractivity (Wildman–Crippen MR) is 84.0 cm³/mol. The molecule has 1 atom stereocenters. The fourth-order valence-electron chi connectivity index (χ4n) is 2.69. The van der Waals surface area contributed by atoms with Crippen molar-refractivity contribution in [1.82, 2.24) is 10.3 Å². The van der Waals surface area contributed by atoms with Gasteiger partial charge in [-0.25, -0.2) is 0 Å². The first-order chi connectivity index (χ1) is 10.4. The minimum atomic E-state index is 0.145.